The Balaban J connectivity index is 1.69. The van der Waals surface area contributed by atoms with Gasteiger partial charge in [0.05, 0.1) is 23.6 Å². The molecule has 0 saturated carbocycles. The molecule has 1 aliphatic rings. The molecule has 0 aliphatic carbocycles. The Labute approximate surface area is 125 Å². The summed E-state index contributed by atoms with van der Waals surface area (Å²) >= 11 is 1.40. The first-order valence-electron chi connectivity index (χ1n) is 6.59. The molecule has 0 bridgehead atoms. The quantitative estimate of drug-likeness (QED) is 0.915. The molecule has 2 aromatic rings. The van der Waals surface area contributed by atoms with Crippen LogP contribution in [0.25, 0.3) is 0 Å². The molecule has 0 spiro atoms. The second kappa shape index (κ2) is 5.97. The van der Waals surface area contributed by atoms with Crippen LogP contribution in [0.15, 0.2) is 35.7 Å². The molecule has 0 atom stereocenters. The zero-order valence-electron chi connectivity index (χ0n) is 11.2. The zero-order valence-corrected chi connectivity index (χ0v) is 12.0. The van der Waals surface area contributed by atoms with Gasteiger partial charge in [0.1, 0.15) is 5.75 Å². The second-order valence-corrected chi connectivity index (χ2v) is 5.58. The number of nitrogens with one attached hydrogen (secondary N) is 2. The van der Waals surface area contributed by atoms with Crippen molar-refractivity contribution in [3.8, 4) is 5.75 Å². The lowest BCUT2D eigenvalue weighted by Crippen LogP contribution is -2.21. The van der Waals surface area contributed by atoms with Gasteiger partial charge in [0.2, 0.25) is 5.91 Å². The molecule has 0 unspecified atom stereocenters. The summed E-state index contributed by atoms with van der Waals surface area (Å²) in [7, 11) is 0. The van der Waals surface area contributed by atoms with Crippen molar-refractivity contribution in [1.82, 2.24) is 5.32 Å². The van der Waals surface area contributed by atoms with Crippen molar-refractivity contribution in [3.05, 3.63) is 46.2 Å². The van der Waals surface area contributed by atoms with E-state index in [2.05, 4.69) is 10.6 Å². The molecule has 3 rings (SSSR count). The van der Waals surface area contributed by atoms with Crippen LogP contribution < -0.4 is 15.4 Å². The van der Waals surface area contributed by atoms with Gasteiger partial charge in [-0.05, 0) is 29.1 Å². The van der Waals surface area contributed by atoms with E-state index in [-0.39, 0.29) is 11.8 Å². The van der Waals surface area contributed by atoms with Crippen LogP contribution in [0.4, 0.5) is 5.69 Å². The van der Waals surface area contributed by atoms with Crippen molar-refractivity contribution in [3.63, 3.8) is 0 Å². The van der Waals surface area contributed by atoms with Crippen LogP contribution in [0.2, 0.25) is 0 Å². The zero-order chi connectivity index (χ0) is 14.7. The van der Waals surface area contributed by atoms with E-state index in [1.807, 2.05) is 29.6 Å². The number of ether oxygens (including phenoxy) is 1. The first-order valence-corrected chi connectivity index (χ1v) is 7.47. The van der Waals surface area contributed by atoms with E-state index in [4.69, 9.17) is 4.74 Å². The summed E-state index contributed by atoms with van der Waals surface area (Å²) in [6.45, 7) is 0.785. The number of benzene rings is 1. The van der Waals surface area contributed by atoms with Gasteiger partial charge in [-0.3, -0.25) is 9.59 Å². The summed E-state index contributed by atoms with van der Waals surface area (Å²) in [4.78, 5) is 24.1. The largest absolute Gasteiger partial charge is 0.491 e. The van der Waals surface area contributed by atoms with Gasteiger partial charge in [-0.25, -0.2) is 0 Å². The van der Waals surface area contributed by atoms with Crippen molar-refractivity contribution in [1.29, 1.82) is 0 Å². The van der Waals surface area contributed by atoms with Crippen LogP contribution >= 0.6 is 11.3 Å². The number of anilines is 1. The minimum Gasteiger partial charge on any atom is -0.491 e. The number of fused-ring (bicyclic) bond motifs is 1. The van der Waals surface area contributed by atoms with Crippen LogP contribution in [0.1, 0.15) is 21.7 Å². The summed E-state index contributed by atoms with van der Waals surface area (Å²) < 4.78 is 5.49. The number of rotatable bonds is 3. The number of carbonyl (C=O) groups is 2. The lowest BCUT2D eigenvalue weighted by molar-refractivity contribution is -0.116. The highest BCUT2D eigenvalue weighted by Gasteiger charge is 2.14. The monoisotopic (exact) mass is 302 g/mol. The fraction of sp³-hybridized carbons (Fsp3) is 0.200. The van der Waals surface area contributed by atoms with Gasteiger partial charge in [0.25, 0.3) is 5.91 Å². The Morgan fingerprint density at radius 2 is 2.29 bits per heavy atom. The fourth-order valence-corrected chi connectivity index (χ4v) is 2.69. The Hall–Kier alpha value is -2.34. The Morgan fingerprint density at radius 1 is 1.38 bits per heavy atom. The Morgan fingerprint density at radius 3 is 3.10 bits per heavy atom. The molecule has 0 fully saturated rings. The highest BCUT2D eigenvalue weighted by atomic mass is 32.1. The number of carbonyl (C=O) groups excluding carboxylic acids is 2. The van der Waals surface area contributed by atoms with Gasteiger partial charge >= 0.3 is 0 Å². The van der Waals surface area contributed by atoms with Crippen molar-refractivity contribution < 1.29 is 14.3 Å². The van der Waals surface area contributed by atoms with Crippen molar-refractivity contribution in [2.45, 2.75) is 13.0 Å². The maximum absolute atomic E-state index is 11.9. The topological polar surface area (TPSA) is 67.4 Å². The van der Waals surface area contributed by atoms with E-state index in [9.17, 15) is 9.59 Å². The lowest BCUT2D eigenvalue weighted by atomic mass is 10.2. The summed E-state index contributed by atoms with van der Waals surface area (Å²) in [6.07, 6.45) is 0.346. The standard InChI is InChI=1S/C15H14N2O3S/c18-14-5-6-20-12-4-3-10(8-11(12)17-14)9-16-15(19)13-2-1-7-21-13/h1-4,7-8H,5-6,9H2,(H,16,19)(H,17,18). The van der Waals surface area contributed by atoms with Crippen molar-refractivity contribution in [2.24, 2.45) is 0 Å². The second-order valence-electron chi connectivity index (χ2n) is 4.64. The summed E-state index contributed by atoms with van der Waals surface area (Å²) in [6, 6.07) is 9.14. The van der Waals surface area contributed by atoms with Crippen LogP contribution in [0.5, 0.6) is 5.75 Å². The number of hydrogen-bond donors (Lipinski definition) is 2. The molecule has 2 N–H and O–H groups in total. The van der Waals surface area contributed by atoms with Gasteiger partial charge < -0.3 is 15.4 Å². The molecule has 6 heteroatoms. The van der Waals surface area contributed by atoms with Gasteiger partial charge in [-0.1, -0.05) is 12.1 Å². The van der Waals surface area contributed by atoms with Gasteiger partial charge in [-0.15, -0.1) is 11.3 Å². The predicted octanol–water partition coefficient (Wildman–Crippen LogP) is 2.40. The molecule has 0 radical (unpaired) electrons. The van der Waals surface area contributed by atoms with E-state index < -0.39 is 0 Å². The Kier molecular flexibility index (Phi) is 3.87. The average Bonchev–Trinajstić information content (AvgIpc) is 2.94. The normalized spacial score (nSPS) is 13.6. The summed E-state index contributed by atoms with van der Waals surface area (Å²) in [5, 5.41) is 7.52. The van der Waals surface area contributed by atoms with Crippen LogP contribution in [0, 0.1) is 0 Å². The SMILES string of the molecule is O=C1CCOc2ccc(CNC(=O)c3cccs3)cc2N1. The smallest absolute Gasteiger partial charge is 0.261 e. The lowest BCUT2D eigenvalue weighted by Gasteiger charge is -2.10. The molecular formula is C15H14N2O3S. The molecule has 5 nitrogen and oxygen atoms in total. The first-order chi connectivity index (χ1) is 10.2. The number of hydrogen-bond acceptors (Lipinski definition) is 4. The van der Waals surface area contributed by atoms with E-state index in [0.29, 0.717) is 35.9 Å². The molecule has 2 heterocycles. The van der Waals surface area contributed by atoms with Gasteiger partial charge in [-0.2, -0.15) is 0 Å². The highest BCUT2D eigenvalue weighted by molar-refractivity contribution is 7.12. The molecule has 108 valence electrons. The Bertz CT molecular complexity index is 668. The van der Waals surface area contributed by atoms with Gasteiger partial charge in [0.15, 0.2) is 0 Å². The molecule has 1 aromatic heterocycles. The van der Waals surface area contributed by atoms with E-state index >= 15 is 0 Å². The first kappa shape index (κ1) is 13.6. The van der Waals surface area contributed by atoms with E-state index in [1.165, 1.54) is 11.3 Å². The molecule has 21 heavy (non-hydrogen) atoms. The van der Waals surface area contributed by atoms with Crippen molar-refractivity contribution in [2.75, 3.05) is 11.9 Å². The third-order valence-electron chi connectivity index (χ3n) is 3.10. The van der Waals surface area contributed by atoms with E-state index in [0.717, 1.165) is 5.56 Å². The maximum atomic E-state index is 11.9. The third kappa shape index (κ3) is 3.22. The maximum Gasteiger partial charge on any atom is 0.261 e. The molecular weight excluding hydrogens is 288 g/mol. The van der Waals surface area contributed by atoms with Gasteiger partial charge in [0, 0.05) is 6.54 Å². The number of thiophene rings is 1. The molecule has 1 aliphatic heterocycles. The fourth-order valence-electron chi connectivity index (χ4n) is 2.05. The van der Waals surface area contributed by atoms with Crippen molar-refractivity contribution >= 4 is 28.8 Å². The molecule has 2 amide bonds. The minimum absolute atomic E-state index is 0.0616. The number of amides is 2. The molecule has 1 aromatic carbocycles. The summed E-state index contributed by atoms with van der Waals surface area (Å²) in [5.41, 5.74) is 1.56. The molecule has 0 saturated heterocycles. The summed E-state index contributed by atoms with van der Waals surface area (Å²) in [5.74, 6) is 0.503. The predicted molar refractivity (Wildman–Crippen MR) is 80.7 cm³/mol. The minimum atomic E-state index is -0.0970. The third-order valence-corrected chi connectivity index (χ3v) is 3.97. The van der Waals surface area contributed by atoms with E-state index in [1.54, 1.807) is 6.07 Å². The highest BCUT2D eigenvalue weighted by Crippen LogP contribution is 2.28. The van der Waals surface area contributed by atoms with Crippen LogP contribution in [0.3, 0.4) is 0 Å². The average molecular weight is 302 g/mol. The van der Waals surface area contributed by atoms with Crippen LogP contribution in [-0.2, 0) is 11.3 Å². The van der Waals surface area contributed by atoms with Crippen LogP contribution in [-0.4, -0.2) is 18.4 Å².